The Bertz CT molecular complexity index is 186. The Labute approximate surface area is 75.5 Å². The van der Waals surface area contributed by atoms with E-state index in [1.54, 1.807) is 7.11 Å². The fraction of sp³-hybridized carbons (Fsp3) is 1.00. The van der Waals surface area contributed by atoms with E-state index in [9.17, 15) is 0 Å². The molecule has 1 aliphatic rings. The molecule has 0 bridgehead atoms. The van der Waals surface area contributed by atoms with Crippen molar-refractivity contribution in [2.45, 2.75) is 51.7 Å². The maximum atomic E-state index is 6.21. The van der Waals surface area contributed by atoms with Crippen LogP contribution in [-0.2, 0) is 4.74 Å². The highest BCUT2D eigenvalue weighted by atomic mass is 16.5. The number of rotatable bonds is 3. The van der Waals surface area contributed by atoms with Gasteiger partial charge >= 0.3 is 0 Å². The normalized spacial score (nSPS) is 33.5. The summed E-state index contributed by atoms with van der Waals surface area (Å²) in [5.74, 6) is 0. The predicted molar refractivity (Wildman–Crippen MR) is 51.0 cm³/mol. The van der Waals surface area contributed by atoms with Crippen LogP contribution in [-0.4, -0.2) is 18.2 Å². The second-order valence-corrected chi connectivity index (χ2v) is 5.36. The van der Waals surface area contributed by atoms with Crippen molar-refractivity contribution in [1.29, 1.82) is 0 Å². The minimum absolute atomic E-state index is 0.00646. The monoisotopic (exact) mass is 171 g/mol. The Morgan fingerprint density at radius 1 is 1.42 bits per heavy atom. The second-order valence-electron chi connectivity index (χ2n) is 5.36. The van der Waals surface area contributed by atoms with Crippen LogP contribution in [0.4, 0.5) is 0 Å². The van der Waals surface area contributed by atoms with Crippen LogP contribution in [0, 0.1) is 5.41 Å². The maximum absolute atomic E-state index is 6.21. The zero-order valence-corrected chi connectivity index (χ0v) is 8.90. The summed E-state index contributed by atoms with van der Waals surface area (Å²) in [5, 5.41) is 0. The zero-order valence-electron chi connectivity index (χ0n) is 8.90. The molecule has 2 nitrogen and oxygen atoms in total. The molecule has 2 heteroatoms. The van der Waals surface area contributed by atoms with Crippen LogP contribution in [0.1, 0.15) is 40.5 Å². The van der Waals surface area contributed by atoms with Gasteiger partial charge in [0, 0.05) is 12.6 Å². The first kappa shape index (κ1) is 10.0. The molecule has 0 aromatic rings. The molecule has 1 rings (SSSR count). The van der Waals surface area contributed by atoms with Gasteiger partial charge < -0.3 is 10.5 Å². The highest BCUT2D eigenvalue weighted by Gasteiger charge is 2.59. The van der Waals surface area contributed by atoms with Gasteiger partial charge in [-0.25, -0.2) is 0 Å². The molecular formula is C10H21NO. The van der Waals surface area contributed by atoms with E-state index in [1.165, 1.54) is 0 Å². The number of methoxy groups -OCH3 is 1. The van der Waals surface area contributed by atoms with Gasteiger partial charge in [-0.2, -0.15) is 0 Å². The molecule has 2 N–H and O–H groups in total. The topological polar surface area (TPSA) is 35.2 Å². The standard InChI is InChI=1S/C10H21NO/c1-8(2)6-10(8,11)7-9(3,4)12-5/h6-7,11H2,1-5H3. The van der Waals surface area contributed by atoms with E-state index in [1.807, 2.05) is 0 Å². The molecule has 0 aromatic heterocycles. The van der Waals surface area contributed by atoms with E-state index in [-0.39, 0.29) is 11.1 Å². The predicted octanol–water partition coefficient (Wildman–Crippen LogP) is 1.93. The molecule has 12 heavy (non-hydrogen) atoms. The molecular weight excluding hydrogens is 150 g/mol. The second kappa shape index (κ2) is 2.46. The number of nitrogens with two attached hydrogens (primary N) is 1. The first-order valence-corrected chi connectivity index (χ1v) is 4.57. The van der Waals surface area contributed by atoms with E-state index in [2.05, 4.69) is 27.7 Å². The summed E-state index contributed by atoms with van der Waals surface area (Å²) in [5.41, 5.74) is 6.44. The smallest absolute Gasteiger partial charge is 0.0640 e. The Hall–Kier alpha value is -0.0800. The van der Waals surface area contributed by atoms with Crippen LogP contribution >= 0.6 is 0 Å². The summed E-state index contributed by atoms with van der Waals surface area (Å²) < 4.78 is 5.37. The molecule has 72 valence electrons. The van der Waals surface area contributed by atoms with E-state index >= 15 is 0 Å². The maximum Gasteiger partial charge on any atom is 0.0640 e. The first-order chi connectivity index (χ1) is 5.22. The molecule has 0 spiro atoms. The molecule has 0 radical (unpaired) electrons. The van der Waals surface area contributed by atoms with Gasteiger partial charge in [0.05, 0.1) is 5.60 Å². The van der Waals surface area contributed by atoms with Crippen LogP contribution in [0.3, 0.4) is 0 Å². The Morgan fingerprint density at radius 2 is 1.83 bits per heavy atom. The van der Waals surface area contributed by atoms with Crippen molar-refractivity contribution >= 4 is 0 Å². The van der Waals surface area contributed by atoms with Crippen molar-refractivity contribution in [3.8, 4) is 0 Å². The van der Waals surface area contributed by atoms with Crippen LogP contribution in [0.5, 0.6) is 0 Å². The third-order valence-corrected chi connectivity index (χ3v) is 3.27. The molecule has 1 fully saturated rings. The fourth-order valence-corrected chi connectivity index (χ4v) is 1.88. The number of hydrogen-bond acceptors (Lipinski definition) is 2. The third kappa shape index (κ3) is 1.64. The highest BCUT2D eigenvalue weighted by Crippen LogP contribution is 2.57. The summed E-state index contributed by atoms with van der Waals surface area (Å²) in [7, 11) is 1.75. The molecule has 1 aliphatic carbocycles. The summed E-state index contributed by atoms with van der Waals surface area (Å²) in [4.78, 5) is 0. The van der Waals surface area contributed by atoms with Gasteiger partial charge in [0.2, 0.25) is 0 Å². The average Bonchev–Trinajstić information content (AvgIpc) is 2.30. The molecule has 1 atom stereocenters. The van der Waals surface area contributed by atoms with Crippen molar-refractivity contribution in [3.05, 3.63) is 0 Å². The Kier molecular flexibility index (Phi) is 2.05. The van der Waals surface area contributed by atoms with Crippen LogP contribution in [0.25, 0.3) is 0 Å². The van der Waals surface area contributed by atoms with Crippen LogP contribution in [0.2, 0.25) is 0 Å². The molecule has 0 saturated heterocycles. The molecule has 1 saturated carbocycles. The Balaban J connectivity index is 2.54. The number of ether oxygens (including phenoxy) is 1. The van der Waals surface area contributed by atoms with Crippen molar-refractivity contribution < 1.29 is 4.74 Å². The van der Waals surface area contributed by atoms with Gasteiger partial charge in [-0.1, -0.05) is 13.8 Å². The largest absolute Gasteiger partial charge is 0.379 e. The van der Waals surface area contributed by atoms with Crippen LogP contribution < -0.4 is 5.73 Å². The van der Waals surface area contributed by atoms with Gasteiger partial charge in [-0.3, -0.25) is 0 Å². The summed E-state index contributed by atoms with van der Waals surface area (Å²) in [6.45, 7) is 8.63. The fourth-order valence-electron chi connectivity index (χ4n) is 1.88. The van der Waals surface area contributed by atoms with Gasteiger partial charge in [0.25, 0.3) is 0 Å². The highest BCUT2D eigenvalue weighted by molar-refractivity contribution is 5.16. The van der Waals surface area contributed by atoms with E-state index < -0.39 is 0 Å². The minimum atomic E-state index is -0.0808. The number of hydrogen-bond donors (Lipinski definition) is 1. The van der Waals surface area contributed by atoms with Gasteiger partial charge in [-0.15, -0.1) is 0 Å². The van der Waals surface area contributed by atoms with E-state index in [0.717, 1.165) is 12.8 Å². The SMILES string of the molecule is COC(C)(C)CC1(N)CC1(C)C. The van der Waals surface area contributed by atoms with Crippen molar-refractivity contribution in [2.24, 2.45) is 11.1 Å². The lowest BCUT2D eigenvalue weighted by Crippen LogP contribution is -2.38. The van der Waals surface area contributed by atoms with Crippen molar-refractivity contribution in [1.82, 2.24) is 0 Å². The van der Waals surface area contributed by atoms with Crippen LogP contribution in [0.15, 0.2) is 0 Å². The lowest BCUT2D eigenvalue weighted by atomic mass is 9.92. The summed E-state index contributed by atoms with van der Waals surface area (Å²) >= 11 is 0. The van der Waals surface area contributed by atoms with Gasteiger partial charge in [-0.05, 0) is 32.1 Å². The average molecular weight is 171 g/mol. The third-order valence-electron chi connectivity index (χ3n) is 3.27. The van der Waals surface area contributed by atoms with Gasteiger partial charge in [0.15, 0.2) is 0 Å². The molecule has 0 heterocycles. The zero-order chi connectivity index (χ0) is 9.62. The van der Waals surface area contributed by atoms with E-state index in [4.69, 9.17) is 10.5 Å². The molecule has 0 aromatic carbocycles. The molecule has 0 aliphatic heterocycles. The lowest BCUT2D eigenvalue weighted by Gasteiger charge is -2.28. The Morgan fingerprint density at radius 3 is 2.08 bits per heavy atom. The summed E-state index contributed by atoms with van der Waals surface area (Å²) in [6.07, 6.45) is 2.07. The summed E-state index contributed by atoms with van der Waals surface area (Å²) in [6, 6.07) is 0. The quantitative estimate of drug-likeness (QED) is 0.704. The van der Waals surface area contributed by atoms with Crippen molar-refractivity contribution in [2.75, 3.05) is 7.11 Å². The lowest BCUT2D eigenvalue weighted by molar-refractivity contribution is 0.00466. The van der Waals surface area contributed by atoms with Gasteiger partial charge in [0.1, 0.15) is 0 Å². The van der Waals surface area contributed by atoms with E-state index in [0.29, 0.717) is 5.41 Å². The first-order valence-electron chi connectivity index (χ1n) is 4.57. The van der Waals surface area contributed by atoms with Crippen molar-refractivity contribution in [3.63, 3.8) is 0 Å². The molecule has 0 amide bonds. The molecule has 1 unspecified atom stereocenters. The minimum Gasteiger partial charge on any atom is -0.379 e.